The second-order valence-electron chi connectivity index (χ2n) is 4.52. The maximum atomic E-state index is 11.6. The predicted octanol–water partition coefficient (Wildman–Crippen LogP) is 1.69. The maximum absolute atomic E-state index is 11.6. The summed E-state index contributed by atoms with van der Waals surface area (Å²) in [6, 6.07) is 9.83. The molecule has 0 bridgehead atoms. The van der Waals surface area contributed by atoms with E-state index in [0.29, 0.717) is 6.42 Å². The second-order valence-corrected chi connectivity index (χ2v) is 4.52. The zero-order valence-corrected chi connectivity index (χ0v) is 10.8. The van der Waals surface area contributed by atoms with Crippen molar-refractivity contribution in [2.24, 2.45) is 0 Å². The maximum Gasteiger partial charge on any atom is 0.224 e. The van der Waals surface area contributed by atoms with Crippen molar-refractivity contribution >= 4 is 5.91 Å². The highest BCUT2D eigenvalue weighted by molar-refractivity contribution is 5.78. The van der Waals surface area contributed by atoms with Crippen molar-refractivity contribution < 1.29 is 4.79 Å². The van der Waals surface area contributed by atoms with Crippen LogP contribution in [0.25, 0.3) is 0 Å². The summed E-state index contributed by atoms with van der Waals surface area (Å²) < 4.78 is 0. The molecule has 0 heterocycles. The third-order valence-electron chi connectivity index (χ3n) is 2.56. The van der Waals surface area contributed by atoms with Crippen LogP contribution in [-0.2, 0) is 11.2 Å². The molecule has 0 aliphatic carbocycles. The van der Waals surface area contributed by atoms with Crippen molar-refractivity contribution in [3.63, 3.8) is 0 Å². The molecular weight excluding hydrogens is 212 g/mol. The number of hydrogen-bond donors (Lipinski definition) is 1. The first-order chi connectivity index (χ1) is 8.18. The van der Waals surface area contributed by atoms with Crippen molar-refractivity contribution in [1.29, 1.82) is 0 Å². The lowest BCUT2D eigenvalue weighted by molar-refractivity contribution is -0.120. The average molecular weight is 234 g/mol. The number of hydrogen-bond acceptors (Lipinski definition) is 2. The van der Waals surface area contributed by atoms with E-state index in [2.05, 4.69) is 24.3 Å². The molecule has 1 aromatic rings. The van der Waals surface area contributed by atoms with Crippen molar-refractivity contribution in [2.75, 3.05) is 27.2 Å². The van der Waals surface area contributed by atoms with Gasteiger partial charge in [0.1, 0.15) is 0 Å². The lowest BCUT2D eigenvalue weighted by atomic mass is 10.1. The van der Waals surface area contributed by atoms with Crippen LogP contribution in [0.15, 0.2) is 30.3 Å². The van der Waals surface area contributed by atoms with Crippen LogP contribution in [0.4, 0.5) is 0 Å². The zero-order valence-electron chi connectivity index (χ0n) is 10.8. The number of amides is 1. The van der Waals surface area contributed by atoms with Gasteiger partial charge in [-0.15, -0.1) is 0 Å². The van der Waals surface area contributed by atoms with Gasteiger partial charge in [0.15, 0.2) is 0 Å². The summed E-state index contributed by atoms with van der Waals surface area (Å²) in [7, 11) is 4.13. The van der Waals surface area contributed by atoms with Crippen LogP contribution in [0, 0.1) is 0 Å². The summed E-state index contributed by atoms with van der Waals surface area (Å²) >= 11 is 0. The topological polar surface area (TPSA) is 32.3 Å². The smallest absolute Gasteiger partial charge is 0.224 e. The van der Waals surface area contributed by atoms with E-state index >= 15 is 0 Å². The summed E-state index contributed by atoms with van der Waals surface area (Å²) in [5.74, 6) is 0.112. The molecule has 17 heavy (non-hydrogen) atoms. The normalized spacial score (nSPS) is 10.5. The third kappa shape index (κ3) is 6.74. The van der Waals surface area contributed by atoms with Gasteiger partial charge in [0.25, 0.3) is 0 Å². The van der Waals surface area contributed by atoms with Gasteiger partial charge in [0.05, 0.1) is 6.42 Å². The quantitative estimate of drug-likeness (QED) is 0.728. The van der Waals surface area contributed by atoms with Crippen molar-refractivity contribution in [1.82, 2.24) is 10.2 Å². The molecule has 0 aliphatic heterocycles. The Morgan fingerprint density at radius 3 is 2.53 bits per heavy atom. The fourth-order valence-corrected chi connectivity index (χ4v) is 1.62. The van der Waals surface area contributed by atoms with Crippen LogP contribution < -0.4 is 5.32 Å². The summed E-state index contributed by atoms with van der Waals surface area (Å²) in [6.07, 6.45) is 2.64. The summed E-state index contributed by atoms with van der Waals surface area (Å²) in [5.41, 5.74) is 1.07. The van der Waals surface area contributed by atoms with Crippen molar-refractivity contribution in [3.05, 3.63) is 35.9 Å². The largest absolute Gasteiger partial charge is 0.356 e. The van der Waals surface area contributed by atoms with Gasteiger partial charge >= 0.3 is 0 Å². The molecule has 0 saturated heterocycles. The number of rotatable bonds is 7. The van der Waals surface area contributed by atoms with E-state index in [9.17, 15) is 4.79 Å². The molecule has 1 N–H and O–H groups in total. The highest BCUT2D eigenvalue weighted by Crippen LogP contribution is 1.99. The molecule has 3 nitrogen and oxygen atoms in total. The number of carbonyl (C=O) groups excluding carboxylic acids is 1. The zero-order chi connectivity index (χ0) is 12.5. The molecule has 0 radical (unpaired) electrons. The minimum absolute atomic E-state index is 0.112. The van der Waals surface area contributed by atoms with Gasteiger partial charge in [-0.1, -0.05) is 30.3 Å². The van der Waals surface area contributed by atoms with Crippen LogP contribution in [0.2, 0.25) is 0 Å². The number of unbranched alkanes of at least 4 members (excludes halogenated alkanes) is 1. The molecule has 0 spiro atoms. The molecular formula is C14H22N2O. The van der Waals surface area contributed by atoms with E-state index < -0.39 is 0 Å². The first-order valence-electron chi connectivity index (χ1n) is 6.14. The lowest BCUT2D eigenvalue weighted by Crippen LogP contribution is -2.26. The Morgan fingerprint density at radius 1 is 1.18 bits per heavy atom. The monoisotopic (exact) mass is 234 g/mol. The second kappa shape index (κ2) is 7.85. The Balaban J connectivity index is 2.10. The Kier molecular flexibility index (Phi) is 6.33. The Hall–Kier alpha value is -1.35. The summed E-state index contributed by atoms with van der Waals surface area (Å²) in [4.78, 5) is 13.7. The van der Waals surface area contributed by atoms with Crippen LogP contribution in [0.1, 0.15) is 18.4 Å². The van der Waals surface area contributed by atoms with Gasteiger partial charge in [-0.05, 0) is 39.0 Å². The molecule has 0 unspecified atom stereocenters. The molecule has 94 valence electrons. The van der Waals surface area contributed by atoms with Gasteiger partial charge in [-0.2, -0.15) is 0 Å². The first kappa shape index (κ1) is 13.7. The molecule has 0 fully saturated rings. The van der Waals surface area contributed by atoms with E-state index in [1.165, 1.54) is 0 Å². The van der Waals surface area contributed by atoms with Gasteiger partial charge in [0.2, 0.25) is 5.91 Å². The standard InChI is InChI=1S/C14H22N2O/c1-16(2)11-7-6-10-15-14(17)12-13-8-4-3-5-9-13/h3-5,8-9H,6-7,10-12H2,1-2H3,(H,15,17). The lowest BCUT2D eigenvalue weighted by Gasteiger charge is -2.09. The van der Waals surface area contributed by atoms with E-state index in [4.69, 9.17) is 0 Å². The van der Waals surface area contributed by atoms with Gasteiger partial charge < -0.3 is 10.2 Å². The number of nitrogens with zero attached hydrogens (tertiary/aromatic N) is 1. The van der Waals surface area contributed by atoms with Crippen molar-refractivity contribution in [3.8, 4) is 0 Å². The summed E-state index contributed by atoms with van der Waals surface area (Å²) in [6.45, 7) is 1.86. The Morgan fingerprint density at radius 2 is 1.88 bits per heavy atom. The summed E-state index contributed by atoms with van der Waals surface area (Å²) in [5, 5.41) is 2.95. The van der Waals surface area contributed by atoms with E-state index in [1.54, 1.807) is 0 Å². The van der Waals surface area contributed by atoms with E-state index in [0.717, 1.165) is 31.5 Å². The minimum atomic E-state index is 0.112. The van der Waals surface area contributed by atoms with E-state index in [1.807, 2.05) is 30.3 Å². The molecule has 3 heteroatoms. The SMILES string of the molecule is CN(C)CCCCNC(=O)Cc1ccccc1. The van der Waals surface area contributed by atoms with Gasteiger partial charge in [-0.3, -0.25) is 4.79 Å². The predicted molar refractivity (Wildman–Crippen MR) is 70.9 cm³/mol. The number of carbonyl (C=O) groups is 1. The number of nitrogens with one attached hydrogen (secondary N) is 1. The number of benzene rings is 1. The highest BCUT2D eigenvalue weighted by atomic mass is 16.1. The minimum Gasteiger partial charge on any atom is -0.356 e. The fourth-order valence-electron chi connectivity index (χ4n) is 1.62. The van der Waals surface area contributed by atoms with Gasteiger partial charge in [-0.25, -0.2) is 0 Å². The molecule has 0 saturated carbocycles. The third-order valence-corrected chi connectivity index (χ3v) is 2.56. The fraction of sp³-hybridized carbons (Fsp3) is 0.500. The molecule has 0 atom stereocenters. The molecule has 0 aliphatic rings. The molecule has 0 aromatic heterocycles. The Bertz CT molecular complexity index is 322. The van der Waals surface area contributed by atoms with E-state index in [-0.39, 0.29) is 5.91 Å². The Labute approximate surface area is 104 Å². The van der Waals surface area contributed by atoms with Crippen LogP contribution in [-0.4, -0.2) is 38.0 Å². The highest BCUT2D eigenvalue weighted by Gasteiger charge is 2.01. The van der Waals surface area contributed by atoms with Crippen molar-refractivity contribution in [2.45, 2.75) is 19.3 Å². The first-order valence-corrected chi connectivity index (χ1v) is 6.14. The van der Waals surface area contributed by atoms with Gasteiger partial charge in [0, 0.05) is 6.54 Å². The molecule has 1 aromatic carbocycles. The molecule has 1 rings (SSSR count). The van der Waals surface area contributed by atoms with Crippen LogP contribution >= 0.6 is 0 Å². The molecule has 1 amide bonds. The van der Waals surface area contributed by atoms with Crippen LogP contribution in [0.3, 0.4) is 0 Å². The average Bonchev–Trinajstić information content (AvgIpc) is 2.29. The van der Waals surface area contributed by atoms with Crippen LogP contribution in [0.5, 0.6) is 0 Å².